The molecule has 2 aromatic heterocycles. The molecule has 0 spiro atoms. The zero-order chi connectivity index (χ0) is 41.0. The van der Waals surface area contributed by atoms with Crippen LogP contribution in [0.25, 0.3) is 83.9 Å². The Morgan fingerprint density at radius 3 is 1.19 bits per heavy atom. The number of hydrogen-bond donors (Lipinski definition) is 0. The summed E-state index contributed by atoms with van der Waals surface area (Å²) in [6.07, 6.45) is 0. The third-order valence-electron chi connectivity index (χ3n) is 12.5. The molecule has 12 rings (SSSR count). The summed E-state index contributed by atoms with van der Waals surface area (Å²) in [5, 5.41) is 8.05. The van der Waals surface area contributed by atoms with Crippen molar-refractivity contribution >= 4 is 50.6 Å². The maximum Gasteiger partial charge on any atom is 0.164 e. The van der Waals surface area contributed by atoms with Gasteiger partial charge < -0.3 is 4.57 Å². The summed E-state index contributed by atoms with van der Waals surface area (Å²) in [5.41, 5.74) is 11.5. The van der Waals surface area contributed by atoms with Crippen molar-refractivity contribution in [3.8, 4) is 62.1 Å². The van der Waals surface area contributed by atoms with Crippen LogP contribution in [-0.2, 0) is 0 Å². The summed E-state index contributed by atoms with van der Waals surface area (Å²) in [4.78, 5) is 15.0. The van der Waals surface area contributed by atoms with Gasteiger partial charge in [0.25, 0.3) is 0 Å². The van der Waals surface area contributed by atoms with Crippen molar-refractivity contribution in [1.82, 2.24) is 19.5 Å². The molecule has 1 aliphatic rings. The standard InChI is InChI=1S/C57H38N4Si/c1-5-19-40(20-6-1)55-58-56(41-21-7-2-8-22-41)60-57(59-55)42-37-35-39(36-38-42)45-29-17-30-48-49-31-18-34-52(61-50-32-15-13-27-46(50)47-28-14-16-33-51(47)61)54(49)62(53(45)48,43-23-9-3-10-24-43)44-25-11-4-12-26-44/h1-38H/q-1. The first-order valence-electron chi connectivity index (χ1n) is 21.1. The van der Waals surface area contributed by atoms with Gasteiger partial charge in [0.2, 0.25) is 0 Å². The van der Waals surface area contributed by atoms with Crippen molar-refractivity contribution in [2.45, 2.75) is 0 Å². The van der Waals surface area contributed by atoms with Crippen molar-refractivity contribution in [3.05, 3.63) is 231 Å². The van der Waals surface area contributed by atoms with E-state index in [-0.39, 0.29) is 0 Å². The fourth-order valence-electron chi connectivity index (χ4n) is 9.93. The van der Waals surface area contributed by atoms with E-state index in [0.29, 0.717) is 17.5 Å². The van der Waals surface area contributed by atoms with E-state index in [0.717, 1.165) is 22.3 Å². The predicted molar refractivity (Wildman–Crippen MR) is 259 cm³/mol. The first kappa shape index (κ1) is 35.9. The van der Waals surface area contributed by atoms with E-state index in [9.17, 15) is 0 Å². The number of rotatable bonds is 7. The minimum Gasteiger partial charge on any atom is -0.312 e. The molecular formula is C57H38N4Si-. The molecule has 9 aromatic carbocycles. The third-order valence-corrected chi connectivity index (χ3v) is 17.5. The quantitative estimate of drug-likeness (QED) is 0.151. The van der Waals surface area contributed by atoms with E-state index in [2.05, 4.69) is 174 Å². The average molecular weight is 807 g/mol. The monoisotopic (exact) mass is 806 g/mol. The normalized spacial score (nSPS) is 12.6. The Kier molecular flexibility index (Phi) is 8.47. The van der Waals surface area contributed by atoms with Gasteiger partial charge in [-0.05, 0) is 43.0 Å². The Bertz CT molecular complexity index is 3290. The molecule has 0 fully saturated rings. The second-order valence-electron chi connectivity index (χ2n) is 15.9. The smallest absolute Gasteiger partial charge is 0.164 e. The summed E-state index contributed by atoms with van der Waals surface area (Å²) in [6, 6.07) is 83.4. The maximum absolute atomic E-state index is 5.05. The molecule has 0 radical (unpaired) electrons. The Labute approximate surface area is 361 Å². The van der Waals surface area contributed by atoms with Crippen LogP contribution >= 0.6 is 0 Å². The molecule has 291 valence electrons. The van der Waals surface area contributed by atoms with Gasteiger partial charge in [-0.25, -0.2) is 15.0 Å². The molecule has 4 nitrogen and oxygen atoms in total. The number of para-hydroxylation sites is 2. The first-order valence-corrected chi connectivity index (χ1v) is 23.1. The van der Waals surface area contributed by atoms with Crippen LogP contribution < -0.4 is 20.7 Å². The number of fused-ring (bicyclic) bond motifs is 6. The lowest BCUT2D eigenvalue weighted by Crippen LogP contribution is -2.73. The fourth-order valence-corrected chi connectivity index (χ4v) is 15.5. The van der Waals surface area contributed by atoms with Crippen LogP contribution in [0.5, 0.6) is 0 Å². The van der Waals surface area contributed by atoms with Gasteiger partial charge in [-0.1, -0.05) is 218 Å². The number of aromatic nitrogens is 4. The van der Waals surface area contributed by atoms with Crippen molar-refractivity contribution in [2.24, 2.45) is 0 Å². The molecule has 0 aliphatic carbocycles. The lowest BCUT2D eigenvalue weighted by molar-refractivity contribution is 1.07. The lowest BCUT2D eigenvalue weighted by atomic mass is 9.98. The molecule has 0 unspecified atom stereocenters. The first-order chi connectivity index (χ1) is 30.8. The van der Waals surface area contributed by atoms with Crippen molar-refractivity contribution < 1.29 is 0 Å². The minimum absolute atomic E-state index is 0.642. The van der Waals surface area contributed by atoms with Crippen LogP contribution in [-0.4, -0.2) is 27.6 Å². The minimum atomic E-state index is -3.05. The summed E-state index contributed by atoms with van der Waals surface area (Å²) in [6.45, 7) is 0. The second-order valence-corrected chi connectivity index (χ2v) is 19.5. The van der Waals surface area contributed by atoms with Crippen LogP contribution in [0, 0.1) is 0 Å². The van der Waals surface area contributed by atoms with E-state index in [1.54, 1.807) is 0 Å². The third kappa shape index (κ3) is 5.56. The molecule has 62 heavy (non-hydrogen) atoms. The predicted octanol–water partition coefficient (Wildman–Crippen LogP) is 11.0. The van der Waals surface area contributed by atoms with E-state index in [1.807, 2.05) is 60.7 Å². The van der Waals surface area contributed by atoms with Crippen molar-refractivity contribution in [3.63, 3.8) is 0 Å². The summed E-state index contributed by atoms with van der Waals surface area (Å²) in [7, 11) is -3.05. The highest BCUT2D eigenvalue weighted by molar-refractivity contribution is 7.23. The SMILES string of the molecule is c1ccc(-c2nc(-c3ccccc3)nc(-c3ccc(-c4cccc5c4[Si-](c4ccccc4)(c4ccccc4)c4c-5cccc4-n4c5ccccc5c5ccccc54)cc3)n2)cc1. The largest absolute Gasteiger partial charge is 0.312 e. The highest BCUT2D eigenvalue weighted by Gasteiger charge is 2.40. The van der Waals surface area contributed by atoms with Gasteiger partial charge in [0.05, 0.1) is 11.0 Å². The Morgan fingerprint density at radius 1 is 0.290 bits per heavy atom. The van der Waals surface area contributed by atoms with Gasteiger partial charge in [-0.3, -0.25) is 0 Å². The molecule has 3 heterocycles. The van der Waals surface area contributed by atoms with Gasteiger partial charge >= 0.3 is 0 Å². The second kappa shape index (κ2) is 14.6. The van der Waals surface area contributed by atoms with Crippen molar-refractivity contribution in [1.29, 1.82) is 0 Å². The molecule has 0 amide bonds. The van der Waals surface area contributed by atoms with Crippen LogP contribution in [0.4, 0.5) is 0 Å². The molecule has 0 saturated carbocycles. The summed E-state index contributed by atoms with van der Waals surface area (Å²) >= 11 is 0. The van der Waals surface area contributed by atoms with E-state index < -0.39 is 8.07 Å². The van der Waals surface area contributed by atoms with Gasteiger partial charge in [0.1, 0.15) is 0 Å². The summed E-state index contributed by atoms with van der Waals surface area (Å²) < 4.78 is 2.53. The molecule has 0 saturated heterocycles. The Balaban J connectivity index is 1.10. The highest BCUT2D eigenvalue weighted by atomic mass is 28.3. The topological polar surface area (TPSA) is 43.6 Å². The van der Waals surface area contributed by atoms with E-state index >= 15 is 0 Å². The number of benzene rings is 9. The van der Waals surface area contributed by atoms with Gasteiger partial charge in [-0.2, -0.15) is 15.6 Å². The molecular weight excluding hydrogens is 769 g/mol. The Hall–Kier alpha value is -7.99. The highest BCUT2D eigenvalue weighted by Crippen LogP contribution is 2.39. The summed E-state index contributed by atoms with van der Waals surface area (Å²) in [5.74, 6) is 1.94. The van der Waals surface area contributed by atoms with Gasteiger partial charge in [0, 0.05) is 33.2 Å². The van der Waals surface area contributed by atoms with Crippen LogP contribution in [0.1, 0.15) is 0 Å². The molecule has 0 atom stereocenters. The van der Waals surface area contributed by atoms with Crippen LogP contribution in [0.15, 0.2) is 231 Å². The molecule has 11 aromatic rings. The van der Waals surface area contributed by atoms with Gasteiger partial charge in [0.15, 0.2) is 17.5 Å². The molecule has 5 heteroatoms. The van der Waals surface area contributed by atoms with Crippen LogP contribution in [0.2, 0.25) is 0 Å². The zero-order valence-electron chi connectivity index (χ0n) is 33.7. The fraction of sp³-hybridized carbons (Fsp3) is 0. The maximum atomic E-state index is 5.05. The number of nitrogens with zero attached hydrogens (tertiary/aromatic N) is 4. The zero-order valence-corrected chi connectivity index (χ0v) is 34.7. The molecule has 0 bridgehead atoms. The Morgan fingerprint density at radius 2 is 0.677 bits per heavy atom. The van der Waals surface area contributed by atoms with E-state index in [1.165, 1.54) is 64.9 Å². The molecule has 1 aliphatic heterocycles. The molecule has 0 N–H and O–H groups in total. The number of hydrogen-bond acceptors (Lipinski definition) is 3. The lowest BCUT2D eigenvalue weighted by Gasteiger charge is -2.46. The van der Waals surface area contributed by atoms with E-state index in [4.69, 9.17) is 15.0 Å². The average Bonchev–Trinajstić information content (AvgIpc) is 3.86. The van der Waals surface area contributed by atoms with Gasteiger partial charge in [-0.15, -0.1) is 5.19 Å². The van der Waals surface area contributed by atoms with Crippen molar-refractivity contribution in [2.75, 3.05) is 0 Å². The van der Waals surface area contributed by atoms with Crippen LogP contribution in [0.3, 0.4) is 0 Å².